The third-order valence-corrected chi connectivity index (χ3v) is 8.24. The minimum atomic E-state index is -0.0658. The van der Waals surface area contributed by atoms with Gasteiger partial charge in [-0.25, -0.2) is 0 Å². The van der Waals surface area contributed by atoms with E-state index >= 15 is 0 Å². The van der Waals surface area contributed by atoms with Gasteiger partial charge in [0.1, 0.15) is 0 Å². The van der Waals surface area contributed by atoms with Crippen LogP contribution in [0.25, 0.3) is 0 Å². The van der Waals surface area contributed by atoms with Gasteiger partial charge < -0.3 is 5.73 Å². The van der Waals surface area contributed by atoms with Gasteiger partial charge in [0.25, 0.3) is 0 Å². The van der Waals surface area contributed by atoms with E-state index in [1.54, 1.807) is 5.57 Å². The van der Waals surface area contributed by atoms with Crippen LogP contribution in [0.4, 0.5) is 0 Å². The van der Waals surface area contributed by atoms with Crippen molar-refractivity contribution in [3.05, 3.63) is 11.6 Å². The van der Waals surface area contributed by atoms with Crippen molar-refractivity contribution in [2.45, 2.75) is 71.6 Å². The van der Waals surface area contributed by atoms with E-state index < -0.39 is 0 Å². The van der Waals surface area contributed by atoms with Gasteiger partial charge >= 0.3 is 0 Å². The SMILES string of the molecule is C[C@@]12CCC[C@H]1[C@@H]1CC=C3CCC(C(N)=O)C[C@]3(C)[C@@H]1CC2. The van der Waals surface area contributed by atoms with Crippen molar-refractivity contribution >= 4 is 5.91 Å². The highest BCUT2D eigenvalue weighted by Gasteiger charge is 2.56. The minimum Gasteiger partial charge on any atom is -0.369 e. The highest BCUT2D eigenvalue weighted by Crippen LogP contribution is 2.65. The average molecular weight is 301 g/mol. The second-order valence-corrected chi connectivity index (χ2v) is 9.19. The van der Waals surface area contributed by atoms with Gasteiger partial charge in [-0.3, -0.25) is 4.79 Å². The van der Waals surface area contributed by atoms with E-state index in [9.17, 15) is 4.79 Å². The predicted molar refractivity (Wildman–Crippen MR) is 89.0 cm³/mol. The Morgan fingerprint density at radius 1 is 1.18 bits per heavy atom. The van der Waals surface area contributed by atoms with E-state index in [2.05, 4.69) is 19.9 Å². The number of nitrogens with two attached hydrogens (primary N) is 1. The Morgan fingerprint density at radius 3 is 2.77 bits per heavy atom. The van der Waals surface area contributed by atoms with Gasteiger partial charge in [-0.1, -0.05) is 31.9 Å². The smallest absolute Gasteiger partial charge is 0.220 e. The normalized spacial score (nSPS) is 50.5. The Labute approximate surface area is 134 Å². The molecule has 4 rings (SSSR count). The first-order chi connectivity index (χ1) is 10.4. The molecule has 3 saturated carbocycles. The van der Waals surface area contributed by atoms with Gasteiger partial charge in [0.15, 0.2) is 0 Å². The van der Waals surface area contributed by atoms with Crippen LogP contribution in [0.5, 0.6) is 0 Å². The zero-order valence-corrected chi connectivity index (χ0v) is 14.2. The van der Waals surface area contributed by atoms with Crippen LogP contribution in [0.3, 0.4) is 0 Å². The lowest BCUT2D eigenvalue weighted by molar-refractivity contribution is -0.124. The summed E-state index contributed by atoms with van der Waals surface area (Å²) in [6, 6.07) is 0. The van der Waals surface area contributed by atoms with Crippen molar-refractivity contribution in [1.29, 1.82) is 0 Å². The third kappa shape index (κ3) is 1.95. The Hall–Kier alpha value is -0.790. The van der Waals surface area contributed by atoms with Crippen molar-refractivity contribution in [3.63, 3.8) is 0 Å². The zero-order chi connectivity index (χ0) is 15.5. The van der Waals surface area contributed by atoms with Gasteiger partial charge in [-0.2, -0.15) is 0 Å². The monoisotopic (exact) mass is 301 g/mol. The fourth-order valence-corrected chi connectivity index (χ4v) is 7.01. The molecule has 6 atom stereocenters. The first-order valence-corrected chi connectivity index (χ1v) is 9.43. The van der Waals surface area contributed by atoms with E-state index in [0.29, 0.717) is 5.41 Å². The lowest BCUT2D eigenvalue weighted by atomic mass is 9.47. The summed E-state index contributed by atoms with van der Waals surface area (Å²) in [7, 11) is 0. The number of primary amides is 1. The molecule has 0 aromatic rings. The number of rotatable bonds is 1. The molecular formula is C20H31NO. The lowest BCUT2D eigenvalue weighted by Gasteiger charge is -2.57. The quantitative estimate of drug-likeness (QED) is 0.715. The molecule has 0 radical (unpaired) electrons. The molecular weight excluding hydrogens is 270 g/mol. The zero-order valence-electron chi connectivity index (χ0n) is 14.2. The maximum Gasteiger partial charge on any atom is 0.220 e. The van der Waals surface area contributed by atoms with E-state index in [1.807, 2.05) is 0 Å². The first kappa shape index (κ1) is 14.8. The molecule has 0 aromatic heterocycles. The maximum atomic E-state index is 11.8. The molecule has 2 N–H and O–H groups in total. The molecule has 0 spiro atoms. The Balaban J connectivity index is 1.67. The Morgan fingerprint density at radius 2 is 2.00 bits per heavy atom. The van der Waals surface area contributed by atoms with Gasteiger partial charge in [-0.05, 0) is 80.0 Å². The summed E-state index contributed by atoms with van der Waals surface area (Å²) in [4.78, 5) is 11.8. The number of carbonyl (C=O) groups excluding carboxylic acids is 1. The van der Waals surface area contributed by atoms with Crippen LogP contribution >= 0.6 is 0 Å². The molecule has 1 amide bonds. The van der Waals surface area contributed by atoms with Gasteiger partial charge in [-0.15, -0.1) is 0 Å². The second-order valence-electron chi connectivity index (χ2n) is 9.19. The average Bonchev–Trinajstić information content (AvgIpc) is 2.87. The van der Waals surface area contributed by atoms with Gasteiger partial charge in [0.2, 0.25) is 5.91 Å². The van der Waals surface area contributed by atoms with Crippen molar-refractivity contribution in [2.75, 3.05) is 0 Å². The van der Waals surface area contributed by atoms with Gasteiger partial charge in [0.05, 0.1) is 0 Å². The highest BCUT2D eigenvalue weighted by molar-refractivity contribution is 5.77. The van der Waals surface area contributed by atoms with Crippen molar-refractivity contribution in [3.8, 4) is 0 Å². The molecule has 0 heterocycles. The molecule has 22 heavy (non-hydrogen) atoms. The molecule has 3 fully saturated rings. The van der Waals surface area contributed by atoms with Crippen LogP contribution in [0.1, 0.15) is 71.6 Å². The van der Waals surface area contributed by atoms with Crippen LogP contribution in [0.2, 0.25) is 0 Å². The molecule has 0 aromatic carbocycles. The largest absolute Gasteiger partial charge is 0.369 e. The number of hydrogen-bond acceptors (Lipinski definition) is 1. The summed E-state index contributed by atoms with van der Waals surface area (Å²) in [6.45, 7) is 5.01. The molecule has 0 aliphatic heterocycles. The maximum absolute atomic E-state index is 11.8. The van der Waals surface area contributed by atoms with Crippen LogP contribution in [0, 0.1) is 34.5 Å². The standard InChI is InChI=1S/C20H31NO/c1-19-10-3-4-16(19)15-8-7-14-6-5-13(18(21)22)12-20(14,2)17(15)9-11-19/h7,13,15-17H,3-6,8-12H2,1-2H3,(H2,21,22)/t13?,15-,16-,17+,19-,20-/m0/s1. The summed E-state index contributed by atoms with van der Waals surface area (Å²) >= 11 is 0. The molecule has 4 aliphatic carbocycles. The van der Waals surface area contributed by atoms with Crippen molar-refractivity contribution in [1.82, 2.24) is 0 Å². The molecule has 2 heteroatoms. The van der Waals surface area contributed by atoms with E-state index in [0.717, 1.165) is 37.0 Å². The fraction of sp³-hybridized carbons (Fsp3) is 0.850. The van der Waals surface area contributed by atoms with Crippen LogP contribution in [-0.2, 0) is 4.79 Å². The summed E-state index contributed by atoms with van der Waals surface area (Å²) in [5.74, 6) is 2.63. The number of fused-ring (bicyclic) bond motifs is 5. The summed E-state index contributed by atoms with van der Waals surface area (Å²) in [6.07, 6.45) is 14.1. The molecule has 0 bridgehead atoms. The molecule has 122 valence electrons. The number of amides is 1. The minimum absolute atomic E-state index is 0.0658. The van der Waals surface area contributed by atoms with Crippen molar-refractivity contribution < 1.29 is 4.79 Å². The van der Waals surface area contributed by atoms with E-state index in [-0.39, 0.29) is 17.2 Å². The third-order valence-electron chi connectivity index (χ3n) is 8.24. The van der Waals surface area contributed by atoms with Gasteiger partial charge in [0, 0.05) is 5.92 Å². The fourth-order valence-electron chi connectivity index (χ4n) is 7.01. The Bertz CT molecular complexity index is 524. The number of allylic oxidation sites excluding steroid dienone is 2. The topological polar surface area (TPSA) is 43.1 Å². The number of carbonyl (C=O) groups is 1. The number of hydrogen-bond donors (Lipinski definition) is 1. The lowest BCUT2D eigenvalue weighted by Crippen LogP contribution is -2.50. The van der Waals surface area contributed by atoms with Crippen LogP contribution in [-0.4, -0.2) is 5.91 Å². The first-order valence-electron chi connectivity index (χ1n) is 9.43. The highest BCUT2D eigenvalue weighted by atomic mass is 16.1. The van der Waals surface area contributed by atoms with Crippen LogP contribution in [0.15, 0.2) is 11.6 Å². The summed E-state index contributed by atoms with van der Waals surface area (Å²) in [5.41, 5.74) is 8.19. The Kier molecular flexibility index (Phi) is 3.26. The second kappa shape index (κ2) is 4.85. The molecule has 1 unspecified atom stereocenters. The predicted octanol–water partition coefficient (Wildman–Crippen LogP) is 4.44. The molecule has 2 nitrogen and oxygen atoms in total. The summed E-state index contributed by atoms with van der Waals surface area (Å²) < 4.78 is 0. The van der Waals surface area contributed by atoms with Crippen molar-refractivity contribution in [2.24, 2.45) is 40.2 Å². The van der Waals surface area contributed by atoms with E-state index in [1.165, 1.54) is 38.5 Å². The molecule has 4 aliphatic rings. The summed E-state index contributed by atoms with van der Waals surface area (Å²) in [5, 5.41) is 0. The molecule has 0 saturated heterocycles. The van der Waals surface area contributed by atoms with E-state index in [4.69, 9.17) is 5.73 Å². The van der Waals surface area contributed by atoms with Crippen LogP contribution < -0.4 is 5.73 Å².